The molecule has 2 aromatic heterocycles. The third kappa shape index (κ3) is 3.80. The number of nitrogens with zero attached hydrogens (tertiary/aromatic N) is 3. The molecule has 1 atom stereocenters. The first-order chi connectivity index (χ1) is 11.2. The second kappa shape index (κ2) is 7.25. The zero-order valence-electron chi connectivity index (χ0n) is 13.4. The van der Waals surface area contributed by atoms with Gasteiger partial charge in [0.2, 0.25) is 0 Å². The number of carbonyl (C=O) groups excluding carboxylic acids is 1. The lowest BCUT2D eigenvalue weighted by Gasteiger charge is -2.32. The van der Waals surface area contributed by atoms with Crippen LogP contribution in [0.2, 0.25) is 0 Å². The predicted octanol–water partition coefficient (Wildman–Crippen LogP) is 2.32. The zero-order valence-corrected chi connectivity index (χ0v) is 14.2. The topological polar surface area (TPSA) is 56.6 Å². The molecule has 0 spiro atoms. The van der Waals surface area contributed by atoms with E-state index in [0.717, 1.165) is 36.6 Å². The van der Waals surface area contributed by atoms with E-state index in [2.05, 4.69) is 23.1 Å². The maximum absolute atomic E-state index is 11.5. The Hall–Kier alpha value is -1.70. The maximum atomic E-state index is 11.5. The molecule has 3 rings (SSSR count). The Morgan fingerprint density at radius 1 is 1.52 bits per heavy atom. The SMILES string of the molecule is CCn1cc(C2CN(Cc3ccc(C(=O)OC)s3)CCO2)cn1. The number of hydrogen-bond acceptors (Lipinski definition) is 6. The Morgan fingerprint density at radius 3 is 3.13 bits per heavy atom. The van der Waals surface area contributed by atoms with Crippen LogP contribution in [0.1, 0.15) is 33.1 Å². The molecule has 0 N–H and O–H groups in total. The van der Waals surface area contributed by atoms with Crippen LogP contribution in [0, 0.1) is 0 Å². The van der Waals surface area contributed by atoms with Crippen LogP contribution in [0.3, 0.4) is 0 Å². The van der Waals surface area contributed by atoms with Gasteiger partial charge in [-0.05, 0) is 19.1 Å². The van der Waals surface area contributed by atoms with E-state index in [1.807, 2.05) is 23.0 Å². The van der Waals surface area contributed by atoms with Gasteiger partial charge in [-0.15, -0.1) is 11.3 Å². The molecule has 0 radical (unpaired) electrons. The summed E-state index contributed by atoms with van der Waals surface area (Å²) in [6, 6.07) is 3.82. The molecule has 1 unspecified atom stereocenters. The van der Waals surface area contributed by atoms with Crippen molar-refractivity contribution in [3.05, 3.63) is 39.8 Å². The van der Waals surface area contributed by atoms with E-state index in [1.165, 1.54) is 18.4 Å². The van der Waals surface area contributed by atoms with Crippen LogP contribution in [-0.2, 0) is 22.6 Å². The van der Waals surface area contributed by atoms with Gasteiger partial charge >= 0.3 is 5.97 Å². The van der Waals surface area contributed by atoms with Gasteiger partial charge in [0.05, 0.1) is 26.0 Å². The second-order valence-electron chi connectivity index (χ2n) is 5.48. The van der Waals surface area contributed by atoms with Gasteiger partial charge in [0.15, 0.2) is 0 Å². The largest absolute Gasteiger partial charge is 0.465 e. The standard InChI is InChI=1S/C16H21N3O3S/c1-3-19-9-12(8-17-19)14-11-18(6-7-22-14)10-13-4-5-15(23-13)16(20)21-2/h4-5,8-9,14H,3,6-7,10-11H2,1-2H3. The number of aromatic nitrogens is 2. The highest BCUT2D eigenvalue weighted by atomic mass is 32.1. The van der Waals surface area contributed by atoms with Gasteiger partial charge < -0.3 is 9.47 Å². The second-order valence-corrected chi connectivity index (χ2v) is 6.65. The Kier molecular flexibility index (Phi) is 5.09. The monoisotopic (exact) mass is 335 g/mol. The molecular formula is C16H21N3O3S. The summed E-state index contributed by atoms with van der Waals surface area (Å²) in [5.74, 6) is -0.270. The number of rotatable bonds is 5. The van der Waals surface area contributed by atoms with Crippen LogP contribution in [0.5, 0.6) is 0 Å². The molecule has 0 saturated carbocycles. The van der Waals surface area contributed by atoms with Gasteiger partial charge in [0.1, 0.15) is 4.88 Å². The van der Waals surface area contributed by atoms with E-state index in [4.69, 9.17) is 9.47 Å². The van der Waals surface area contributed by atoms with Gasteiger partial charge in [-0.2, -0.15) is 5.10 Å². The van der Waals surface area contributed by atoms with E-state index in [-0.39, 0.29) is 12.1 Å². The molecule has 0 amide bonds. The highest BCUT2D eigenvalue weighted by Crippen LogP contribution is 2.25. The average molecular weight is 335 g/mol. The summed E-state index contributed by atoms with van der Waals surface area (Å²) in [7, 11) is 1.41. The molecule has 1 saturated heterocycles. The molecule has 7 heteroatoms. The minimum Gasteiger partial charge on any atom is -0.465 e. The first-order valence-corrected chi connectivity index (χ1v) is 8.54. The molecule has 23 heavy (non-hydrogen) atoms. The maximum Gasteiger partial charge on any atom is 0.348 e. The van der Waals surface area contributed by atoms with Crippen LogP contribution in [-0.4, -0.2) is 47.5 Å². The first kappa shape index (κ1) is 16.2. The Morgan fingerprint density at radius 2 is 2.39 bits per heavy atom. The van der Waals surface area contributed by atoms with E-state index >= 15 is 0 Å². The van der Waals surface area contributed by atoms with Crippen molar-refractivity contribution in [1.29, 1.82) is 0 Å². The summed E-state index contributed by atoms with van der Waals surface area (Å²) in [6.45, 7) is 6.19. The molecule has 124 valence electrons. The van der Waals surface area contributed by atoms with Gasteiger partial charge in [-0.3, -0.25) is 9.58 Å². The number of ether oxygens (including phenoxy) is 2. The predicted molar refractivity (Wildman–Crippen MR) is 87.5 cm³/mol. The van der Waals surface area contributed by atoms with Crippen LogP contribution in [0.15, 0.2) is 24.5 Å². The van der Waals surface area contributed by atoms with Gasteiger partial charge in [0, 0.05) is 42.8 Å². The molecular weight excluding hydrogens is 314 g/mol. The molecule has 0 bridgehead atoms. The van der Waals surface area contributed by atoms with Gasteiger partial charge in [0.25, 0.3) is 0 Å². The lowest BCUT2D eigenvalue weighted by molar-refractivity contribution is -0.0326. The fourth-order valence-corrected chi connectivity index (χ4v) is 3.63. The van der Waals surface area contributed by atoms with E-state index < -0.39 is 0 Å². The fraction of sp³-hybridized carbons (Fsp3) is 0.500. The normalized spacial score (nSPS) is 19.0. The van der Waals surface area contributed by atoms with Gasteiger partial charge in [-0.25, -0.2) is 4.79 Å². The summed E-state index contributed by atoms with van der Waals surface area (Å²) in [4.78, 5) is 15.7. The molecule has 1 aliphatic heterocycles. The molecule has 3 heterocycles. The molecule has 6 nitrogen and oxygen atoms in total. The van der Waals surface area contributed by atoms with Crippen LogP contribution < -0.4 is 0 Å². The molecule has 1 aliphatic rings. The highest BCUT2D eigenvalue weighted by molar-refractivity contribution is 7.13. The smallest absolute Gasteiger partial charge is 0.348 e. The average Bonchev–Trinajstić information content (AvgIpc) is 3.23. The third-order valence-electron chi connectivity index (χ3n) is 3.93. The van der Waals surface area contributed by atoms with Crippen molar-refractivity contribution >= 4 is 17.3 Å². The third-order valence-corrected chi connectivity index (χ3v) is 4.98. The van der Waals surface area contributed by atoms with Crippen molar-refractivity contribution in [1.82, 2.24) is 14.7 Å². The summed E-state index contributed by atoms with van der Waals surface area (Å²) in [6.07, 6.45) is 4.00. The van der Waals surface area contributed by atoms with Crippen LogP contribution >= 0.6 is 11.3 Å². The molecule has 1 fully saturated rings. The fourth-order valence-electron chi connectivity index (χ4n) is 2.66. The van der Waals surface area contributed by atoms with E-state index in [9.17, 15) is 4.79 Å². The molecule has 0 aliphatic carbocycles. The summed E-state index contributed by atoms with van der Waals surface area (Å²) < 4.78 is 12.6. The quantitative estimate of drug-likeness (QED) is 0.785. The number of aryl methyl sites for hydroxylation is 1. The van der Waals surface area contributed by atoms with Crippen molar-refractivity contribution in [2.24, 2.45) is 0 Å². The Balaban J connectivity index is 1.62. The Bertz CT molecular complexity index is 667. The lowest BCUT2D eigenvalue weighted by atomic mass is 10.1. The van der Waals surface area contributed by atoms with Crippen molar-refractivity contribution in [2.75, 3.05) is 26.8 Å². The van der Waals surface area contributed by atoms with Gasteiger partial charge in [-0.1, -0.05) is 0 Å². The zero-order chi connectivity index (χ0) is 16.2. The summed E-state index contributed by atoms with van der Waals surface area (Å²) in [5, 5.41) is 4.32. The molecule has 0 aromatic carbocycles. The van der Waals surface area contributed by atoms with Crippen molar-refractivity contribution in [3.8, 4) is 0 Å². The van der Waals surface area contributed by atoms with Crippen LogP contribution in [0.4, 0.5) is 0 Å². The Labute approximate surface area is 139 Å². The summed E-state index contributed by atoms with van der Waals surface area (Å²) >= 11 is 1.49. The number of carbonyl (C=O) groups is 1. The van der Waals surface area contributed by atoms with E-state index in [1.54, 1.807) is 0 Å². The molecule has 2 aromatic rings. The van der Waals surface area contributed by atoms with Crippen molar-refractivity contribution < 1.29 is 14.3 Å². The number of morpholine rings is 1. The number of esters is 1. The first-order valence-electron chi connectivity index (χ1n) is 7.73. The van der Waals surface area contributed by atoms with E-state index in [0.29, 0.717) is 11.5 Å². The minimum atomic E-state index is -0.270. The van der Waals surface area contributed by atoms with Crippen LogP contribution in [0.25, 0.3) is 0 Å². The number of methoxy groups -OCH3 is 1. The number of hydrogen-bond donors (Lipinski definition) is 0. The lowest BCUT2D eigenvalue weighted by Crippen LogP contribution is -2.37. The highest BCUT2D eigenvalue weighted by Gasteiger charge is 2.23. The summed E-state index contributed by atoms with van der Waals surface area (Å²) in [5.41, 5.74) is 1.12. The van der Waals surface area contributed by atoms with Crippen molar-refractivity contribution in [3.63, 3.8) is 0 Å². The number of thiophene rings is 1. The van der Waals surface area contributed by atoms with Crippen molar-refractivity contribution in [2.45, 2.75) is 26.1 Å². The minimum absolute atomic E-state index is 0.0593.